The molecule has 4 nitrogen and oxygen atoms in total. The molecule has 0 aromatic rings. The predicted molar refractivity (Wildman–Crippen MR) is 79.5 cm³/mol. The van der Waals surface area contributed by atoms with Crippen molar-refractivity contribution in [3.05, 3.63) is 23.3 Å². The van der Waals surface area contributed by atoms with Gasteiger partial charge in [0.05, 0.1) is 19.1 Å². The van der Waals surface area contributed by atoms with Crippen LogP contribution in [0.2, 0.25) is 0 Å². The van der Waals surface area contributed by atoms with Crippen molar-refractivity contribution in [2.75, 3.05) is 13.2 Å². The van der Waals surface area contributed by atoms with Gasteiger partial charge in [-0.15, -0.1) is 0 Å². The third-order valence-corrected chi connectivity index (χ3v) is 4.29. The summed E-state index contributed by atoms with van der Waals surface area (Å²) < 4.78 is 10.1. The van der Waals surface area contributed by atoms with E-state index in [1.807, 2.05) is 13.0 Å². The van der Waals surface area contributed by atoms with E-state index in [-0.39, 0.29) is 23.8 Å². The summed E-state index contributed by atoms with van der Waals surface area (Å²) in [5, 5.41) is 0. The van der Waals surface area contributed by atoms with Crippen LogP contribution in [0.3, 0.4) is 0 Å². The van der Waals surface area contributed by atoms with Gasteiger partial charge in [0, 0.05) is 12.0 Å². The van der Waals surface area contributed by atoms with Crippen LogP contribution < -0.4 is 0 Å². The Kier molecular flexibility index (Phi) is 5.59. The van der Waals surface area contributed by atoms with E-state index in [9.17, 15) is 9.59 Å². The highest BCUT2D eigenvalue weighted by Gasteiger charge is 2.36. The molecule has 2 atom stereocenters. The van der Waals surface area contributed by atoms with E-state index in [2.05, 4.69) is 0 Å². The Morgan fingerprint density at radius 3 is 2.62 bits per heavy atom. The van der Waals surface area contributed by atoms with E-state index < -0.39 is 0 Å². The van der Waals surface area contributed by atoms with E-state index in [1.54, 1.807) is 6.92 Å². The average molecular weight is 292 g/mol. The van der Waals surface area contributed by atoms with Crippen molar-refractivity contribution in [2.45, 2.75) is 46.0 Å². The minimum absolute atomic E-state index is 0.000272. The lowest BCUT2D eigenvalue weighted by Gasteiger charge is -2.30. The Bertz CT molecular complexity index is 461. The van der Waals surface area contributed by atoms with Gasteiger partial charge in [0.1, 0.15) is 0 Å². The fourth-order valence-electron chi connectivity index (χ4n) is 3.41. The molecule has 21 heavy (non-hydrogen) atoms. The first-order valence-corrected chi connectivity index (χ1v) is 7.89. The Morgan fingerprint density at radius 2 is 1.90 bits per heavy atom. The zero-order valence-electron chi connectivity index (χ0n) is 12.9. The third kappa shape index (κ3) is 3.74. The molecule has 0 aliphatic heterocycles. The van der Waals surface area contributed by atoms with Gasteiger partial charge in [0.25, 0.3) is 0 Å². The topological polar surface area (TPSA) is 52.6 Å². The van der Waals surface area contributed by atoms with E-state index >= 15 is 0 Å². The fraction of sp³-hybridized carbons (Fsp3) is 0.647. The smallest absolute Gasteiger partial charge is 0.330 e. The Labute approximate surface area is 126 Å². The van der Waals surface area contributed by atoms with Crippen molar-refractivity contribution in [1.29, 1.82) is 0 Å². The molecule has 0 saturated carbocycles. The molecule has 0 aromatic carbocycles. The summed E-state index contributed by atoms with van der Waals surface area (Å²) in [4.78, 5) is 23.7. The van der Waals surface area contributed by atoms with E-state index in [0.717, 1.165) is 32.1 Å². The van der Waals surface area contributed by atoms with Crippen LogP contribution in [0, 0.1) is 11.8 Å². The van der Waals surface area contributed by atoms with Crippen molar-refractivity contribution in [3.63, 3.8) is 0 Å². The first-order chi connectivity index (χ1) is 10.2. The number of ether oxygens (including phenoxy) is 2. The lowest BCUT2D eigenvalue weighted by Crippen LogP contribution is -2.29. The molecule has 0 saturated heterocycles. The number of rotatable bonds is 5. The normalized spacial score (nSPS) is 25.0. The first kappa shape index (κ1) is 15.8. The first-order valence-electron chi connectivity index (χ1n) is 7.89. The van der Waals surface area contributed by atoms with Gasteiger partial charge in [-0.2, -0.15) is 0 Å². The number of carbonyl (C=O) groups excluding carboxylic acids is 2. The van der Waals surface area contributed by atoms with Crippen molar-refractivity contribution in [2.24, 2.45) is 11.8 Å². The third-order valence-electron chi connectivity index (χ3n) is 4.29. The number of hydrogen-bond acceptors (Lipinski definition) is 4. The summed E-state index contributed by atoms with van der Waals surface area (Å²) in [5.74, 6) is -0.646. The molecule has 0 bridgehead atoms. The summed E-state index contributed by atoms with van der Waals surface area (Å²) in [6, 6.07) is 0. The van der Waals surface area contributed by atoms with Crippen LogP contribution in [0.1, 0.15) is 46.0 Å². The SMILES string of the molecule is CCOC(=O)/C=C/C1C2=C(CCC2)CCC1C(=O)OCC. The molecule has 2 aliphatic carbocycles. The Balaban J connectivity index is 2.17. The second-order valence-corrected chi connectivity index (χ2v) is 5.52. The lowest BCUT2D eigenvalue weighted by atomic mass is 9.75. The number of allylic oxidation sites excluding steroid dienone is 3. The van der Waals surface area contributed by atoms with Gasteiger partial charge in [0.2, 0.25) is 0 Å². The molecule has 2 unspecified atom stereocenters. The minimum Gasteiger partial charge on any atom is -0.466 e. The fourth-order valence-corrected chi connectivity index (χ4v) is 3.41. The van der Waals surface area contributed by atoms with Crippen molar-refractivity contribution < 1.29 is 19.1 Å². The zero-order valence-corrected chi connectivity index (χ0v) is 12.9. The molecule has 0 N–H and O–H groups in total. The van der Waals surface area contributed by atoms with E-state index in [4.69, 9.17) is 9.47 Å². The lowest BCUT2D eigenvalue weighted by molar-refractivity contribution is -0.149. The van der Waals surface area contributed by atoms with Gasteiger partial charge in [-0.05, 0) is 46.0 Å². The van der Waals surface area contributed by atoms with Crippen LogP contribution in [0.15, 0.2) is 23.3 Å². The highest BCUT2D eigenvalue weighted by molar-refractivity contribution is 5.82. The number of hydrogen-bond donors (Lipinski definition) is 0. The molecule has 2 aliphatic rings. The van der Waals surface area contributed by atoms with Gasteiger partial charge >= 0.3 is 11.9 Å². The van der Waals surface area contributed by atoms with E-state index in [0.29, 0.717) is 13.2 Å². The van der Waals surface area contributed by atoms with E-state index in [1.165, 1.54) is 17.2 Å². The Hall–Kier alpha value is -1.58. The van der Waals surface area contributed by atoms with Gasteiger partial charge in [-0.3, -0.25) is 4.79 Å². The van der Waals surface area contributed by atoms with Gasteiger partial charge in [-0.25, -0.2) is 4.79 Å². The molecule has 0 amide bonds. The predicted octanol–water partition coefficient (Wildman–Crippen LogP) is 3.18. The van der Waals surface area contributed by atoms with Gasteiger partial charge in [0.15, 0.2) is 0 Å². The number of esters is 2. The van der Waals surface area contributed by atoms with Crippen LogP contribution >= 0.6 is 0 Å². The Morgan fingerprint density at radius 1 is 1.14 bits per heavy atom. The maximum absolute atomic E-state index is 12.2. The molecule has 0 fully saturated rings. The molecular formula is C17H24O4. The maximum atomic E-state index is 12.2. The summed E-state index contributed by atoms with van der Waals surface area (Å²) in [6.45, 7) is 4.37. The minimum atomic E-state index is -0.342. The standard InChI is InChI=1S/C17H24O4/c1-3-20-16(18)11-10-14-13-7-5-6-12(13)8-9-15(14)17(19)21-4-2/h10-11,14-15H,3-9H2,1-2H3/b11-10+. The zero-order chi connectivity index (χ0) is 15.2. The molecular weight excluding hydrogens is 268 g/mol. The van der Waals surface area contributed by atoms with Gasteiger partial charge in [-0.1, -0.05) is 17.2 Å². The second-order valence-electron chi connectivity index (χ2n) is 5.52. The second kappa shape index (κ2) is 7.43. The highest BCUT2D eigenvalue weighted by atomic mass is 16.5. The molecule has 0 heterocycles. The van der Waals surface area contributed by atoms with Crippen LogP contribution in [0.4, 0.5) is 0 Å². The summed E-state index contributed by atoms with van der Waals surface area (Å²) in [7, 11) is 0. The van der Waals surface area contributed by atoms with Crippen molar-refractivity contribution in [1.82, 2.24) is 0 Å². The summed E-state index contributed by atoms with van der Waals surface area (Å²) >= 11 is 0. The largest absolute Gasteiger partial charge is 0.466 e. The van der Waals surface area contributed by atoms with Crippen LogP contribution in [-0.2, 0) is 19.1 Å². The molecule has 0 spiro atoms. The van der Waals surface area contributed by atoms with Crippen LogP contribution in [0.5, 0.6) is 0 Å². The highest BCUT2D eigenvalue weighted by Crippen LogP contribution is 2.44. The van der Waals surface area contributed by atoms with Crippen LogP contribution in [-0.4, -0.2) is 25.2 Å². The quantitative estimate of drug-likeness (QED) is 0.443. The summed E-state index contributed by atoms with van der Waals surface area (Å²) in [5.41, 5.74) is 2.83. The van der Waals surface area contributed by atoms with Crippen molar-refractivity contribution in [3.8, 4) is 0 Å². The molecule has 0 radical (unpaired) electrons. The molecule has 2 rings (SSSR count). The van der Waals surface area contributed by atoms with Crippen molar-refractivity contribution >= 4 is 11.9 Å². The molecule has 116 valence electrons. The average Bonchev–Trinajstić information content (AvgIpc) is 2.93. The van der Waals surface area contributed by atoms with Gasteiger partial charge < -0.3 is 9.47 Å². The van der Waals surface area contributed by atoms with Crippen LogP contribution in [0.25, 0.3) is 0 Å². The maximum Gasteiger partial charge on any atom is 0.330 e. The monoisotopic (exact) mass is 292 g/mol. The summed E-state index contributed by atoms with van der Waals surface area (Å²) in [6.07, 6.45) is 8.44. The number of carbonyl (C=O) groups is 2. The molecule has 0 aromatic heterocycles. The molecule has 4 heteroatoms.